The van der Waals surface area contributed by atoms with E-state index in [9.17, 15) is 4.79 Å². The quantitative estimate of drug-likeness (QED) is 0.555. The van der Waals surface area contributed by atoms with Gasteiger partial charge in [-0.3, -0.25) is 4.79 Å². The summed E-state index contributed by atoms with van der Waals surface area (Å²) >= 11 is 0. The lowest BCUT2D eigenvalue weighted by Gasteiger charge is -2.14. The fourth-order valence-electron chi connectivity index (χ4n) is 2.90. The Hall–Kier alpha value is -3.28. The number of amides is 1. The van der Waals surface area contributed by atoms with Gasteiger partial charge in [-0.15, -0.1) is 0 Å². The van der Waals surface area contributed by atoms with Gasteiger partial charge in [0, 0.05) is 24.5 Å². The Labute approximate surface area is 171 Å². The highest BCUT2D eigenvalue weighted by Gasteiger charge is 2.13. The molecule has 1 N–H and O–H groups in total. The Morgan fingerprint density at radius 1 is 1.03 bits per heavy atom. The molecular formula is C23H27N3O3. The fourth-order valence-corrected chi connectivity index (χ4v) is 2.90. The zero-order chi connectivity index (χ0) is 20.5. The average Bonchev–Trinajstić information content (AvgIpc) is 3.29. The van der Waals surface area contributed by atoms with E-state index in [1.54, 1.807) is 30.7 Å². The number of carbonyl (C=O) groups is 1. The van der Waals surface area contributed by atoms with Crippen LogP contribution in [0.4, 0.5) is 0 Å². The number of imidazole rings is 1. The Balaban J connectivity index is 1.72. The van der Waals surface area contributed by atoms with Crippen molar-refractivity contribution in [2.45, 2.75) is 33.2 Å². The van der Waals surface area contributed by atoms with Gasteiger partial charge in [-0.2, -0.15) is 0 Å². The van der Waals surface area contributed by atoms with Crippen LogP contribution in [0.3, 0.4) is 0 Å². The summed E-state index contributed by atoms with van der Waals surface area (Å²) in [7, 11) is 0. The molecule has 0 aliphatic heterocycles. The molecule has 1 aromatic heterocycles. The smallest absolute Gasteiger partial charge is 0.251 e. The number of nitrogens with zero attached hydrogens (tertiary/aromatic N) is 2. The average molecular weight is 393 g/mol. The Morgan fingerprint density at radius 3 is 2.52 bits per heavy atom. The molecule has 0 radical (unpaired) electrons. The van der Waals surface area contributed by atoms with Gasteiger partial charge in [0.05, 0.1) is 25.2 Å². The molecule has 0 saturated carbocycles. The van der Waals surface area contributed by atoms with Crippen molar-refractivity contribution in [3.8, 4) is 17.2 Å². The molecular weight excluding hydrogens is 366 g/mol. The zero-order valence-corrected chi connectivity index (χ0v) is 16.9. The lowest BCUT2D eigenvalue weighted by molar-refractivity contribution is 0.0950. The summed E-state index contributed by atoms with van der Waals surface area (Å²) in [5, 5.41) is 2.99. The highest BCUT2D eigenvalue weighted by atomic mass is 16.5. The van der Waals surface area contributed by atoms with Crippen LogP contribution >= 0.6 is 0 Å². The summed E-state index contributed by atoms with van der Waals surface area (Å²) < 4.78 is 13.5. The lowest BCUT2D eigenvalue weighted by atomic mass is 10.1. The topological polar surface area (TPSA) is 65.4 Å². The van der Waals surface area contributed by atoms with Crippen LogP contribution in [0.5, 0.6) is 11.5 Å². The molecule has 0 saturated heterocycles. The number of nitrogens with one attached hydrogen (secondary N) is 1. The van der Waals surface area contributed by atoms with Gasteiger partial charge in [0.15, 0.2) is 11.5 Å². The first-order valence-corrected chi connectivity index (χ1v) is 9.97. The minimum Gasteiger partial charge on any atom is -0.490 e. The van der Waals surface area contributed by atoms with E-state index in [0.29, 0.717) is 36.8 Å². The third-order valence-corrected chi connectivity index (χ3v) is 4.34. The molecule has 6 nitrogen and oxygen atoms in total. The van der Waals surface area contributed by atoms with Gasteiger partial charge in [-0.25, -0.2) is 4.98 Å². The van der Waals surface area contributed by atoms with Crippen molar-refractivity contribution >= 4 is 5.91 Å². The number of hydrogen-bond acceptors (Lipinski definition) is 4. The van der Waals surface area contributed by atoms with Crippen LogP contribution in [0.25, 0.3) is 5.69 Å². The van der Waals surface area contributed by atoms with Crippen LogP contribution in [-0.4, -0.2) is 28.7 Å². The third kappa shape index (κ3) is 5.38. The Morgan fingerprint density at radius 2 is 1.79 bits per heavy atom. The predicted octanol–water partition coefficient (Wildman–Crippen LogP) is 4.38. The molecule has 6 heteroatoms. The molecule has 0 aliphatic rings. The standard InChI is InChI=1S/C23H27N3O3/c1-3-13-28-21-10-9-18(15-22(21)29-14-4-2)23(27)25-16-19-7-5-6-8-20(19)26-12-11-24-17-26/h5-12,15,17H,3-4,13-14,16H2,1-2H3,(H,25,27). The first-order valence-electron chi connectivity index (χ1n) is 9.97. The van der Waals surface area contributed by atoms with E-state index in [2.05, 4.69) is 17.2 Å². The summed E-state index contributed by atoms with van der Waals surface area (Å²) in [5.74, 6) is 1.11. The largest absolute Gasteiger partial charge is 0.490 e. The summed E-state index contributed by atoms with van der Waals surface area (Å²) in [6.45, 7) is 5.69. The first kappa shape index (κ1) is 20.5. The van der Waals surface area contributed by atoms with E-state index in [-0.39, 0.29) is 5.91 Å². The molecule has 2 aromatic carbocycles. The molecule has 1 amide bonds. The molecule has 0 atom stereocenters. The molecule has 0 aliphatic carbocycles. The third-order valence-electron chi connectivity index (χ3n) is 4.34. The summed E-state index contributed by atoms with van der Waals surface area (Å²) in [6.07, 6.45) is 7.15. The highest BCUT2D eigenvalue weighted by Crippen LogP contribution is 2.29. The van der Waals surface area contributed by atoms with Gasteiger partial charge < -0.3 is 19.4 Å². The predicted molar refractivity (Wildman–Crippen MR) is 113 cm³/mol. The van der Waals surface area contributed by atoms with Crippen molar-refractivity contribution < 1.29 is 14.3 Å². The number of ether oxygens (including phenoxy) is 2. The molecule has 152 valence electrons. The van der Waals surface area contributed by atoms with Crippen molar-refractivity contribution in [2.24, 2.45) is 0 Å². The van der Waals surface area contributed by atoms with Crippen molar-refractivity contribution in [3.63, 3.8) is 0 Å². The number of carbonyl (C=O) groups excluding carboxylic acids is 1. The highest BCUT2D eigenvalue weighted by molar-refractivity contribution is 5.94. The number of aromatic nitrogens is 2. The van der Waals surface area contributed by atoms with Gasteiger partial charge >= 0.3 is 0 Å². The lowest BCUT2D eigenvalue weighted by Crippen LogP contribution is -2.23. The summed E-state index contributed by atoms with van der Waals surface area (Å²) in [5.41, 5.74) is 2.53. The maximum Gasteiger partial charge on any atom is 0.251 e. The summed E-state index contributed by atoms with van der Waals surface area (Å²) in [6, 6.07) is 13.2. The second-order valence-corrected chi connectivity index (χ2v) is 6.64. The number of benzene rings is 2. The van der Waals surface area contributed by atoms with Crippen LogP contribution in [0.15, 0.2) is 61.2 Å². The fraction of sp³-hybridized carbons (Fsp3) is 0.304. The van der Waals surface area contributed by atoms with Crippen molar-refractivity contribution in [1.29, 1.82) is 0 Å². The maximum absolute atomic E-state index is 12.7. The number of para-hydroxylation sites is 1. The van der Waals surface area contributed by atoms with E-state index in [1.807, 2.05) is 42.0 Å². The van der Waals surface area contributed by atoms with E-state index >= 15 is 0 Å². The molecule has 0 unspecified atom stereocenters. The Kier molecular flexibility index (Phi) is 7.28. The van der Waals surface area contributed by atoms with Crippen LogP contribution in [0.2, 0.25) is 0 Å². The normalized spacial score (nSPS) is 10.6. The number of hydrogen-bond donors (Lipinski definition) is 1. The van der Waals surface area contributed by atoms with Crippen LogP contribution in [0.1, 0.15) is 42.6 Å². The second-order valence-electron chi connectivity index (χ2n) is 6.64. The van der Waals surface area contributed by atoms with Gasteiger partial charge in [0.2, 0.25) is 0 Å². The van der Waals surface area contributed by atoms with Crippen LogP contribution in [-0.2, 0) is 6.54 Å². The summed E-state index contributed by atoms with van der Waals surface area (Å²) in [4.78, 5) is 16.8. The second kappa shape index (κ2) is 10.3. The van der Waals surface area contributed by atoms with Crippen molar-refractivity contribution in [3.05, 3.63) is 72.3 Å². The zero-order valence-electron chi connectivity index (χ0n) is 16.9. The first-order chi connectivity index (χ1) is 14.2. The van der Waals surface area contributed by atoms with E-state index < -0.39 is 0 Å². The van der Waals surface area contributed by atoms with Gasteiger partial charge in [-0.1, -0.05) is 32.0 Å². The molecule has 0 bridgehead atoms. The maximum atomic E-state index is 12.7. The minimum absolute atomic E-state index is 0.158. The van der Waals surface area contributed by atoms with Gasteiger partial charge in [0.25, 0.3) is 5.91 Å². The van der Waals surface area contributed by atoms with Crippen molar-refractivity contribution in [2.75, 3.05) is 13.2 Å². The van der Waals surface area contributed by atoms with Crippen molar-refractivity contribution in [1.82, 2.24) is 14.9 Å². The van der Waals surface area contributed by atoms with Gasteiger partial charge in [-0.05, 0) is 42.7 Å². The molecule has 3 aromatic rings. The Bertz CT molecular complexity index is 923. The molecule has 1 heterocycles. The molecule has 3 rings (SSSR count). The minimum atomic E-state index is -0.158. The van der Waals surface area contributed by atoms with E-state index in [0.717, 1.165) is 24.1 Å². The van der Waals surface area contributed by atoms with E-state index in [1.165, 1.54) is 0 Å². The van der Waals surface area contributed by atoms with Crippen LogP contribution < -0.4 is 14.8 Å². The molecule has 29 heavy (non-hydrogen) atoms. The van der Waals surface area contributed by atoms with Crippen LogP contribution in [0, 0.1) is 0 Å². The SMILES string of the molecule is CCCOc1ccc(C(=O)NCc2ccccc2-n2ccnc2)cc1OCCC. The molecule has 0 fully saturated rings. The van der Waals surface area contributed by atoms with E-state index in [4.69, 9.17) is 9.47 Å². The molecule has 0 spiro atoms. The van der Waals surface area contributed by atoms with Gasteiger partial charge in [0.1, 0.15) is 0 Å². The monoisotopic (exact) mass is 393 g/mol. The number of rotatable bonds is 10.